The van der Waals surface area contributed by atoms with Crippen LogP contribution in [-0.2, 0) is 16.9 Å². The zero-order valence-electron chi connectivity index (χ0n) is 19.5. The highest BCUT2D eigenvalue weighted by Gasteiger charge is 2.48. The third-order valence-corrected chi connectivity index (χ3v) is 7.29. The Labute approximate surface area is 206 Å². The third-order valence-electron chi connectivity index (χ3n) is 7.29. The highest BCUT2D eigenvalue weighted by Crippen LogP contribution is 2.46. The van der Waals surface area contributed by atoms with Crippen LogP contribution in [0.3, 0.4) is 0 Å². The van der Waals surface area contributed by atoms with Crippen LogP contribution in [0.5, 0.6) is 0 Å². The number of fused-ring (bicyclic) bond motifs is 1. The number of allylic oxidation sites excluding steroid dienone is 1. The second-order valence-electron chi connectivity index (χ2n) is 9.61. The van der Waals surface area contributed by atoms with Gasteiger partial charge in [-0.3, -0.25) is 14.7 Å². The van der Waals surface area contributed by atoms with E-state index in [9.17, 15) is 19.1 Å². The van der Waals surface area contributed by atoms with Gasteiger partial charge in [0, 0.05) is 24.7 Å². The minimum absolute atomic E-state index is 0.0709. The lowest BCUT2D eigenvalue weighted by atomic mass is 9.93. The molecule has 0 aliphatic carbocycles. The lowest BCUT2D eigenvalue weighted by molar-refractivity contribution is 0.00368. The number of H-pyrrole nitrogens is 1. The van der Waals surface area contributed by atoms with E-state index in [1.54, 1.807) is 17.1 Å². The Kier molecular flexibility index (Phi) is 5.54. The number of β-amino-alcohol motifs (C(OH)–C–C–N with tert-alkyl or cyclic N) is 1. The number of nitrogens with one attached hydrogen (secondary N) is 2. The highest BCUT2D eigenvalue weighted by atomic mass is 19.1. The quantitative estimate of drug-likeness (QED) is 0.463. The second-order valence-corrected chi connectivity index (χ2v) is 9.61. The maximum Gasteiger partial charge on any atom is 0.271 e. The first kappa shape index (κ1) is 22.8. The van der Waals surface area contributed by atoms with Crippen molar-refractivity contribution in [3.63, 3.8) is 0 Å². The van der Waals surface area contributed by atoms with Crippen LogP contribution in [0.2, 0.25) is 0 Å². The molecule has 10 heteroatoms. The molecular weight excluding hydrogens is 463 g/mol. The van der Waals surface area contributed by atoms with E-state index in [1.165, 1.54) is 0 Å². The van der Waals surface area contributed by atoms with E-state index < -0.39 is 11.4 Å². The van der Waals surface area contributed by atoms with Crippen LogP contribution >= 0.6 is 0 Å². The summed E-state index contributed by atoms with van der Waals surface area (Å²) in [6, 6.07) is 7.63. The SMILES string of the molecule is O=C=C1C=Cc2ncc(F)c3c2N1CC3(O)CN1CCC(NCc2nc3ccccc3[nH]c2=O)CC1. The lowest BCUT2D eigenvalue weighted by Crippen LogP contribution is -2.49. The topological polar surface area (TPSA) is 114 Å². The summed E-state index contributed by atoms with van der Waals surface area (Å²) in [4.78, 5) is 39.0. The van der Waals surface area contributed by atoms with Crippen LogP contribution in [0.15, 0.2) is 47.0 Å². The molecule has 3 aliphatic rings. The van der Waals surface area contributed by atoms with Crippen LogP contribution in [0.25, 0.3) is 17.1 Å². The molecule has 1 aromatic carbocycles. The van der Waals surface area contributed by atoms with E-state index in [2.05, 4.69) is 25.2 Å². The van der Waals surface area contributed by atoms with Crippen LogP contribution in [0.4, 0.5) is 10.1 Å². The number of para-hydroxylation sites is 2. The van der Waals surface area contributed by atoms with Crippen molar-refractivity contribution < 1.29 is 14.3 Å². The summed E-state index contributed by atoms with van der Waals surface area (Å²) in [5.41, 5.74) is 1.66. The standard InChI is InChI=1S/C26H25FN6O3/c27-18-11-29-21-6-5-17(13-34)33-15-26(36,23(18)24(21)33)14-32-9-7-16(8-10-32)28-12-22-25(35)31-20-4-2-1-3-19(20)30-22/h1-6,11,16,28,36H,7-10,12,14-15H2,(H,31,35). The summed E-state index contributed by atoms with van der Waals surface area (Å²) in [6.07, 6.45) is 5.98. The number of pyridine rings is 1. The molecule has 1 saturated heterocycles. The average Bonchev–Trinajstić information content (AvgIpc) is 3.19. The fraction of sp³-hybridized carbons (Fsp3) is 0.346. The van der Waals surface area contributed by atoms with Gasteiger partial charge >= 0.3 is 0 Å². The molecule has 3 N–H and O–H groups in total. The first-order chi connectivity index (χ1) is 17.4. The minimum atomic E-state index is -1.48. The van der Waals surface area contributed by atoms with Gasteiger partial charge in [0.2, 0.25) is 0 Å². The van der Waals surface area contributed by atoms with E-state index >= 15 is 0 Å². The number of rotatable bonds is 5. The van der Waals surface area contributed by atoms with Crippen molar-refractivity contribution in [2.75, 3.05) is 31.1 Å². The largest absolute Gasteiger partial charge is 0.382 e. The van der Waals surface area contributed by atoms with E-state index in [4.69, 9.17) is 0 Å². The monoisotopic (exact) mass is 488 g/mol. The number of aromatic amines is 1. The van der Waals surface area contributed by atoms with Gasteiger partial charge in [-0.15, -0.1) is 0 Å². The molecule has 6 rings (SSSR count). The molecule has 0 saturated carbocycles. The number of aliphatic hydroxyl groups is 1. The molecule has 1 atom stereocenters. The number of nitrogens with zero attached hydrogens (tertiary/aromatic N) is 4. The van der Waals surface area contributed by atoms with Crippen molar-refractivity contribution in [2.45, 2.75) is 31.0 Å². The Balaban J connectivity index is 1.12. The minimum Gasteiger partial charge on any atom is -0.382 e. The fourth-order valence-corrected chi connectivity index (χ4v) is 5.52. The van der Waals surface area contributed by atoms with Gasteiger partial charge in [-0.25, -0.2) is 14.2 Å². The number of piperidine rings is 1. The van der Waals surface area contributed by atoms with Gasteiger partial charge in [0.25, 0.3) is 5.56 Å². The number of halogens is 1. The van der Waals surface area contributed by atoms with E-state index in [0.29, 0.717) is 42.2 Å². The molecule has 3 aromatic rings. The number of hydrogen-bond acceptors (Lipinski definition) is 8. The van der Waals surface area contributed by atoms with Crippen molar-refractivity contribution in [1.82, 2.24) is 25.2 Å². The molecule has 5 heterocycles. The number of aromatic nitrogens is 3. The molecule has 9 nitrogen and oxygen atoms in total. The Morgan fingerprint density at radius 1 is 1.25 bits per heavy atom. The third kappa shape index (κ3) is 3.84. The van der Waals surface area contributed by atoms with Gasteiger partial charge in [-0.05, 0) is 50.2 Å². The molecule has 0 bridgehead atoms. The second kappa shape index (κ2) is 8.76. The van der Waals surface area contributed by atoms with Crippen molar-refractivity contribution in [2.24, 2.45) is 0 Å². The molecule has 0 radical (unpaired) electrons. The first-order valence-corrected chi connectivity index (χ1v) is 12.0. The number of hydrogen-bond donors (Lipinski definition) is 3. The van der Waals surface area contributed by atoms with E-state index in [-0.39, 0.29) is 36.0 Å². The smallest absolute Gasteiger partial charge is 0.271 e. The fourth-order valence-electron chi connectivity index (χ4n) is 5.52. The maximum atomic E-state index is 14.9. The normalized spacial score (nSPS) is 21.7. The Morgan fingerprint density at radius 3 is 2.86 bits per heavy atom. The Bertz CT molecular complexity index is 1490. The zero-order chi connectivity index (χ0) is 24.9. The van der Waals surface area contributed by atoms with Crippen molar-refractivity contribution in [1.29, 1.82) is 0 Å². The van der Waals surface area contributed by atoms with Gasteiger partial charge in [-0.2, -0.15) is 0 Å². The van der Waals surface area contributed by atoms with Crippen molar-refractivity contribution >= 4 is 28.7 Å². The van der Waals surface area contributed by atoms with Gasteiger partial charge < -0.3 is 20.3 Å². The molecule has 1 fully saturated rings. The van der Waals surface area contributed by atoms with Crippen LogP contribution < -0.4 is 15.8 Å². The number of anilines is 1. The summed E-state index contributed by atoms with van der Waals surface area (Å²) < 4.78 is 14.9. The molecular formula is C26H25FN6O3. The molecule has 2 aromatic heterocycles. The summed E-state index contributed by atoms with van der Waals surface area (Å²) in [7, 11) is 0. The van der Waals surface area contributed by atoms with E-state index in [0.717, 1.165) is 24.6 Å². The average molecular weight is 489 g/mol. The number of likely N-dealkylation sites (tertiary alicyclic amines) is 1. The highest BCUT2D eigenvalue weighted by molar-refractivity contribution is 5.85. The zero-order valence-corrected chi connectivity index (χ0v) is 19.5. The Hall–Kier alpha value is -3.69. The van der Waals surface area contributed by atoms with Gasteiger partial charge in [-0.1, -0.05) is 12.1 Å². The summed E-state index contributed by atoms with van der Waals surface area (Å²) >= 11 is 0. The van der Waals surface area contributed by atoms with Crippen LogP contribution in [0, 0.1) is 5.82 Å². The summed E-state index contributed by atoms with van der Waals surface area (Å²) in [6.45, 7) is 2.07. The predicted octanol–water partition coefficient (Wildman–Crippen LogP) is 1.46. The molecule has 0 amide bonds. The lowest BCUT2D eigenvalue weighted by Gasteiger charge is -2.37. The summed E-state index contributed by atoms with van der Waals surface area (Å²) in [5.74, 6) is 1.30. The van der Waals surface area contributed by atoms with Crippen LogP contribution in [-0.4, -0.2) is 63.1 Å². The first-order valence-electron chi connectivity index (χ1n) is 12.0. The molecule has 0 spiro atoms. The predicted molar refractivity (Wildman–Crippen MR) is 132 cm³/mol. The molecule has 3 aliphatic heterocycles. The molecule has 36 heavy (non-hydrogen) atoms. The van der Waals surface area contributed by atoms with Gasteiger partial charge in [0.05, 0.1) is 35.2 Å². The summed E-state index contributed by atoms with van der Waals surface area (Å²) in [5, 5.41) is 15.0. The van der Waals surface area contributed by atoms with Gasteiger partial charge in [0.15, 0.2) is 5.94 Å². The Morgan fingerprint density at radius 2 is 2.06 bits per heavy atom. The maximum absolute atomic E-state index is 14.9. The molecule has 184 valence electrons. The molecule has 1 unspecified atom stereocenters. The van der Waals surface area contributed by atoms with Crippen molar-refractivity contribution in [3.8, 4) is 0 Å². The van der Waals surface area contributed by atoms with Gasteiger partial charge in [0.1, 0.15) is 22.8 Å². The van der Waals surface area contributed by atoms with Crippen molar-refractivity contribution in [3.05, 3.63) is 75.4 Å². The number of carbonyl (C=O) groups excluding carboxylic acids is 1. The van der Waals surface area contributed by atoms with E-state index in [1.807, 2.05) is 30.2 Å². The van der Waals surface area contributed by atoms with Crippen LogP contribution in [0.1, 0.15) is 29.8 Å². The number of benzene rings is 1.